The van der Waals surface area contributed by atoms with Crippen LogP contribution in [0.5, 0.6) is 0 Å². The van der Waals surface area contributed by atoms with Crippen molar-refractivity contribution < 1.29 is 26.7 Å². The molecule has 3 rings (SSSR count). The average molecular weight is 388 g/mol. The van der Waals surface area contributed by atoms with E-state index in [4.69, 9.17) is 0 Å². The summed E-state index contributed by atoms with van der Waals surface area (Å²) in [5.41, 5.74) is -3.58. The van der Waals surface area contributed by atoms with Gasteiger partial charge in [-0.3, -0.25) is 4.68 Å². The van der Waals surface area contributed by atoms with Gasteiger partial charge in [-0.1, -0.05) is 30.3 Å². The molecule has 140 valence electrons. The minimum Gasteiger partial charge on any atom is -0.361 e. The minimum atomic E-state index is -5.25. The predicted molar refractivity (Wildman–Crippen MR) is 85.6 cm³/mol. The van der Waals surface area contributed by atoms with Gasteiger partial charge in [-0.25, -0.2) is 0 Å². The Hall–Kier alpha value is -2.40. The summed E-state index contributed by atoms with van der Waals surface area (Å²) in [5.74, 6) is 0. The fraction of sp³-hybridized carbons (Fsp3) is 0.333. The average Bonchev–Trinajstić information content (AvgIpc) is 3.09. The molecular weight excluding hydrogens is 373 g/mol. The monoisotopic (exact) mass is 388 g/mol. The lowest BCUT2D eigenvalue weighted by molar-refractivity contribution is -0.291. The van der Waals surface area contributed by atoms with Gasteiger partial charge < -0.3 is 5.11 Å². The number of nitrogens with zero attached hydrogens (tertiary/aromatic N) is 4. The quantitative estimate of drug-likeness (QED) is 0.868. The number of sulfonamides is 1. The smallest absolute Gasteiger partial charge is 0.361 e. The number of alkyl halides is 3. The highest BCUT2D eigenvalue weighted by Crippen LogP contribution is 2.44. The van der Waals surface area contributed by atoms with E-state index >= 15 is 0 Å². The summed E-state index contributed by atoms with van der Waals surface area (Å²) in [6.45, 7) is 1.34. The largest absolute Gasteiger partial charge is 0.439 e. The second-order valence-electron chi connectivity index (χ2n) is 5.90. The van der Waals surface area contributed by atoms with Crippen LogP contribution in [0.15, 0.2) is 46.5 Å². The van der Waals surface area contributed by atoms with Crippen molar-refractivity contribution in [2.45, 2.75) is 30.1 Å². The van der Waals surface area contributed by atoms with E-state index in [0.717, 1.165) is 10.9 Å². The summed E-state index contributed by atoms with van der Waals surface area (Å²) in [6, 6.07) is 7.78. The molecule has 0 aliphatic carbocycles. The number of hydrogen-bond donors (Lipinski definition) is 1. The van der Waals surface area contributed by atoms with Gasteiger partial charge in [0, 0.05) is 13.2 Å². The van der Waals surface area contributed by atoms with Crippen LogP contribution < -0.4 is 0 Å². The third kappa shape index (κ3) is 2.76. The molecule has 1 aromatic heterocycles. The van der Waals surface area contributed by atoms with Crippen LogP contribution in [0.25, 0.3) is 0 Å². The lowest BCUT2D eigenvalue weighted by Gasteiger charge is -2.32. The van der Waals surface area contributed by atoms with E-state index in [1.807, 2.05) is 0 Å². The molecule has 2 heterocycles. The zero-order chi connectivity index (χ0) is 19.3. The summed E-state index contributed by atoms with van der Waals surface area (Å²) in [7, 11) is -3.35. The zero-order valence-corrected chi connectivity index (χ0v) is 14.6. The maximum Gasteiger partial charge on any atom is 0.439 e. The molecule has 1 aromatic carbocycles. The summed E-state index contributed by atoms with van der Waals surface area (Å²) >= 11 is 0. The Kier molecular flexibility index (Phi) is 4.11. The van der Waals surface area contributed by atoms with E-state index in [1.54, 1.807) is 18.2 Å². The van der Waals surface area contributed by atoms with Gasteiger partial charge in [0.15, 0.2) is 0 Å². The summed E-state index contributed by atoms with van der Waals surface area (Å²) in [6.07, 6.45) is -5.20. The molecule has 0 bridgehead atoms. The molecule has 0 saturated heterocycles. The molecule has 0 fully saturated rings. The third-order valence-corrected chi connectivity index (χ3v) is 5.77. The van der Waals surface area contributed by atoms with E-state index in [1.165, 1.54) is 26.1 Å². The third-order valence-electron chi connectivity index (χ3n) is 3.98. The zero-order valence-electron chi connectivity index (χ0n) is 13.8. The van der Waals surface area contributed by atoms with E-state index in [9.17, 15) is 26.7 Å². The Balaban J connectivity index is 2.17. The lowest BCUT2D eigenvalue weighted by atomic mass is 10.0. The molecule has 1 N–H and O–H groups in total. The Morgan fingerprint density at radius 3 is 2.35 bits per heavy atom. The van der Waals surface area contributed by atoms with Gasteiger partial charge in [0.05, 0.1) is 17.8 Å². The van der Waals surface area contributed by atoms with Gasteiger partial charge >= 0.3 is 6.18 Å². The van der Waals surface area contributed by atoms with Crippen LogP contribution in [0, 0.1) is 6.92 Å². The maximum absolute atomic E-state index is 13.6. The standard InChI is InChI=1S/C15H15F3N4O3S/c1-10-13(9-21(2)19-10)26(24,25)22-14(23,15(16,17)18)8-12(20-22)11-6-4-3-5-7-11/h3-7,9,23H,8H2,1-2H3/t14-/m1/s1. The molecule has 11 heteroatoms. The fourth-order valence-corrected chi connectivity index (χ4v) is 4.36. The van der Waals surface area contributed by atoms with Crippen LogP contribution in [0.1, 0.15) is 17.7 Å². The van der Waals surface area contributed by atoms with Gasteiger partial charge in [-0.2, -0.15) is 31.8 Å². The number of halogens is 3. The molecule has 26 heavy (non-hydrogen) atoms. The first-order valence-corrected chi connectivity index (χ1v) is 8.88. The number of aryl methyl sites for hydroxylation is 2. The molecule has 7 nitrogen and oxygen atoms in total. The summed E-state index contributed by atoms with van der Waals surface area (Å²) in [5, 5.41) is 17.8. The van der Waals surface area contributed by atoms with Crippen molar-refractivity contribution >= 4 is 15.7 Å². The van der Waals surface area contributed by atoms with Crippen molar-refractivity contribution in [3.63, 3.8) is 0 Å². The van der Waals surface area contributed by atoms with Crippen LogP contribution in [0.4, 0.5) is 13.2 Å². The van der Waals surface area contributed by atoms with Gasteiger partial charge in [0.2, 0.25) is 0 Å². The molecule has 0 saturated carbocycles. The van der Waals surface area contributed by atoms with Crippen molar-refractivity contribution in [2.24, 2.45) is 12.1 Å². The van der Waals surface area contributed by atoms with Crippen LogP contribution >= 0.6 is 0 Å². The van der Waals surface area contributed by atoms with Crippen LogP contribution in [0.2, 0.25) is 0 Å². The molecule has 1 aliphatic rings. The summed E-state index contributed by atoms with van der Waals surface area (Å²) in [4.78, 5) is -0.458. The van der Waals surface area contributed by atoms with Crippen LogP contribution in [0.3, 0.4) is 0 Å². The summed E-state index contributed by atoms with van der Waals surface area (Å²) < 4.78 is 67.3. The molecule has 1 aliphatic heterocycles. The number of benzene rings is 1. The van der Waals surface area contributed by atoms with Gasteiger partial charge in [-0.15, -0.1) is 4.41 Å². The number of rotatable bonds is 3. The Labute approximate surface area is 147 Å². The van der Waals surface area contributed by atoms with E-state index in [-0.39, 0.29) is 21.4 Å². The first-order chi connectivity index (χ1) is 12.0. The topological polar surface area (TPSA) is 87.8 Å². The molecule has 0 amide bonds. The van der Waals surface area contributed by atoms with Crippen molar-refractivity contribution in [1.29, 1.82) is 0 Å². The molecule has 2 aromatic rings. The van der Waals surface area contributed by atoms with Crippen molar-refractivity contribution in [2.75, 3.05) is 0 Å². The van der Waals surface area contributed by atoms with Crippen LogP contribution in [-0.2, 0) is 17.1 Å². The van der Waals surface area contributed by atoms with Crippen LogP contribution in [-0.4, -0.2) is 45.3 Å². The molecule has 0 unspecified atom stereocenters. The molecular formula is C15H15F3N4O3S. The Morgan fingerprint density at radius 2 is 1.85 bits per heavy atom. The van der Waals surface area contributed by atoms with Gasteiger partial charge in [0.1, 0.15) is 4.90 Å². The Morgan fingerprint density at radius 1 is 1.23 bits per heavy atom. The van der Waals surface area contributed by atoms with Gasteiger partial charge in [0.25, 0.3) is 15.7 Å². The lowest BCUT2D eigenvalue weighted by Crippen LogP contribution is -2.56. The predicted octanol–water partition coefficient (Wildman–Crippen LogP) is 1.78. The second-order valence-corrected chi connectivity index (χ2v) is 7.64. The highest BCUT2D eigenvalue weighted by atomic mass is 32.2. The minimum absolute atomic E-state index is 0.000357. The first kappa shape index (κ1) is 18.4. The van der Waals surface area contributed by atoms with E-state index < -0.39 is 33.2 Å². The fourth-order valence-electron chi connectivity index (χ4n) is 2.70. The SMILES string of the molecule is Cc1nn(C)cc1S(=O)(=O)N1N=C(c2ccccc2)C[C@@]1(O)C(F)(F)F. The number of aromatic nitrogens is 2. The van der Waals surface area contributed by atoms with Crippen molar-refractivity contribution in [3.8, 4) is 0 Å². The molecule has 1 atom stereocenters. The van der Waals surface area contributed by atoms with Crippen molar-refractivity contribution in [3.05, 3.63) is 47.8 Å². The Bertz CT molecular complexity index is 970. The first-order valence-electron chi connectivity index (χ1n) is 7.44. The number of hydrogen-bond acceptors (Lipinski definition) is 5. The van der Waals surface area contributed by atoms with Gasteiger partial charge in [-0.05, 0) is 12.5 Å². The molecule has 0 spiro atoms. The normalized spacial score (nSPS) is 21.2. The number of aliphatic hydroxyl groups is 1. The second kappa shape index (κ2) is 5.81. The van der Waals surface area contributed by atoms with E-state index in [2.05, 4.69) is 10.2 Å². The van der Waals surface area contributed by atoms with Crippen molar-refractivity contribution in [1.82, 2.24) is 14.2 Å². The number of hydrazone groups is 1. The molecule has 0 radical (unpaired) electrons. The maximum atomic E-state index is 13.6. The highest BCUT2D eigenvalue weighted by Gasteiger charge is 2.65. The highest BCUT2D eigenvalue weighted by molar-refractivity contribution is 7.89. The van der Waals surface area contributed by atoms with E-state index in [0.29, 0.717) is 0 Å².